The van der Waals surface area contributed by atoms with Crippen molar-refractivity contribution >= 4 is 23.5 Å². The number of hydrogen-bond acceptors (Lipinski definition) is 2. The van der Waals surface area contributed by atoms with Crippen LogP contribution in [-0.4, -0.2) is 17.0 Å². The SMILES string of the molecule is CC(Cc1ccccc1Cl)(C(N)=O)C(=O)O. The molecule has 0 aliphatic carbocycles. The molecule has 0 aliphatic rings. The molecule has 1 atom stereocenters. The number of rotatable bonds is 4. The molecule has 0 fully saturated rings. The van der Waals surface area contributed by atoms with Crippen molar-refractivity contribution < 1.29 is 14.7 Å². The summed E-state index contributed by atoms with van der Waals surface area (Å²) in [5, 5.41) is 9.44. The van der Waals surface area contributed by atoms with E-state index >= 15 is 0 Å². The molecule has 5 heteroatoms. The second kappa shape index (κ2) is 4.53. The molecule has 0 bridgehead atoms. The van der Waals surface area contributed by atoms with Gasteiger partial charge in [0.15, 0.2) is 0 Å². The fraction of sp³-hybridized carbons (Fsp3) is 0.273. The average molecular weight is 242 g/mol. The van der Waals surface area contributed by atoms with E-state index in [1.807, 2.05) is 0 Å². The molecule has 1 aromatic carbocycles. The molecule has 0 heterocycles. The first-order valence-electron chi connectivity index (χ1n) is 4.64. The second-order valence-electron chi connectivity index (χ2n) is 3.77. The third-order valence-corrected chi connectivity index (χ3v) is 2.89. The van der Waals surface area contributed by atoms with Gasteiger partial charge in [0.25, 0.3) is 0 Å². The van der Waals surface area contributed by atoms with Crippen molar-refractivity contribution in [2.75, 3.05) is 0 Å². The summed E-state index contributed by atoms with van der Waals surface area (Å²) in [7, 11) is 0. The van der Waals surface area contributed by atoms with Gasteiger partial charge in [0.2, 0.25) is 5.91 Å². The van der Waals surface area contributed by atoms with Crippen molar-refractivity contribution in [3.8, 4) is 0 Å². The Labute approximate surface area is 98.0 Å². The van der Waals surface area contributed by atoms with Crippen molar-refractivity contribution in [2.45, 2.75) is 13.3 Å². The van der Waals surface area contributed by atoms with Crippen molar-refractivity contribution in [1.82, 2.24) is 0 Å². The molecular weight excluding hydrogens is 230 g/mol. The number of hydrogen-bond donors (Lipinski definition) is 2. The minimum absolute atomic E-state index is 0.0165. The molecule has 0 aliphatic heterocycles. The number of nitrogens with two attached hydrogens (primary N) is 1. The Morgan fingerprint density at radius 3 is 2.44 bits per heavy atom. The molecular formula is C11H12ClNO3. The topological polar surface area (TPSA) is 80.4 Å². The minimum atomic E-state index is -1.63. The molecule has 3 N–H and O–H groups in total. The van der Waals surface area contributed by atoms with Crippen LogP contribution in [0.4, 0.5) is 0 Å². The first kappa shape index (κ1) is 12.5. The average Bonchev–Trinajstić information content (AvgIpc) is 2.20. The van der Waals surface area contributed by atoms with Crippen molar-refractivity contribution in [3.05, 3.63) is 34.9 Å². The van der Waals surface area contributed by atoms with Crippen LogP contribution in [0.5, 0.6) is 0 Å². The number of primary amides is 1. The summed E-state index contributed by atoms with van der Waals surface area (Å²) in [4.78, 5) is 22.2. The van der Waals surface area contributed by atoms with Crippen LogP contribution < -0.4 is 5.73 Å². The van der Waals surface area contributed by atoms with Gasteiger partial charge in [-0.1, -0.05) is 29.8 Å². The zero-order valence-corrected chi connectivity index (χ0v) is 9.49. The van der Waals surface area contributed by atoms with E-state index in [9.17, 15) is 9.59 Å². The van der Waals surface area contributed by atoms with E-state index in [1.54, 1.807) is 24.3 Å². The largest absolute Gasteiger partial charge is 0.480 e. The summed E-state index contributed by atoms with van der Waals surface area (Å²) in [5.74, 6) is -2.13. The lowest BCUT2D eigenvalue weighted by atomic mass is 9.83. The molecule has 1 aromatic rings. The van der Waals surface area contributed by atoms with Crippen LogP contribution >= 0.6 is 11.6 Å². The Morgan fingerprint density at radius 2 is 2.00 bits per heavy atom. The van der Waals surface area contributed by atoms with Crippen LogP contribution in [-0.2, 0) is 16.0 Å². The van der Waals surface area contributed by atoms with E-state index in [0.717, 1.165) is 0 Å². The third-order valence-electron chi connectivity index (χ3n) is 2.52. The van der Waals surface area contributed by atoms with Gasteiger partial charge in [-0.15, -0.1) is 0 Å². The quantitative estimate of drug-likeness (QED) is 0.783. The highest BCUT2D eigenvalue weighted by atomic mass is 35.5. The molecule has 16 heavy (non-hydrogen) atoms. The highest BCUT2D eigenvalue weighted by molar-refractivity contribution is 6.31. The van der Waals surface area contributed by atoms with Crippen molar-refractivity contribution in [3.63, 3.8) is 0 Å². The summed E-state index contributed by atoms with van der Waals surface area (Å²) in [6.07, 6.45) is -0.0165. The zero-order valence-electron chi connectivity index (χ0n) is 8.74. The molecule has 1 rings (SSSR count). The van der Waals surface area contributed by atoms with E-state index in [1.165, 1.54) is 6.92 Å². The predicted octanol–water partition coefficient (Wildman–Crippen LogP) is 1.46. The van der Waals surface area contributed by atoms with Gasteiger partial charge in [-0.2, -0.15) is 0 Å². The van der Waals surface area contributed by atoms with E-state index < -0.39 is 17.3 Å². The number of amides is 1. The molecule has 1 amide bonds. The van der Waals surface area contributed by atoms with Crippen LogP contribution in [0.2, 0.25) is 5.02 Å². The molecule has 1 unspecified atom stereocenters. The molecule has 0 saturated heterocycles. The highest BCUT2D eigenvalue weighted by Crippen LogP contribution is 2.26. The van der Waals surface area contributed by atoms with Gasteiger partial charge >= 0.3 is 5.97 Å². The lowest BCUT2D eigenvalue weighted by Gasteiger charge is -2.21. The Hall–Kier alpha value is -1.55. The van der Waals surface area contributed by atoms with Crippen LogP contribution in [0.25, 0.3) is 0 Å². The Morgan fingerprint density at radius 1 is 1.44 bits per heavy atom. The summed E-state index contributed by atoms with van der Waals surface area (Å²) in [6.45, 7) is 1.29. The first-order valence-corrected chi connectivity index (χ1v) is 5.02. The summed E-state index contributed by atoms with van der Waals surface area (Å²) < 4.78 is 0. The molecule has 4 nitrogen and oxygen atoms in total. The number of carbonyl (C=O) groups is 2. The number of carboxylic acids is 1. The number of halogens is 1. The monoisotopic (exact) mass is 241 g/mol. The van der Waals surface area contributed by atoms with E-state index in [2.05, 4.69) is 0 Å². The summed E-state index contributed by atoms with van der Waals surface area (Å²) in [5.41, 5.74) is 4.06. The van der Waals surface area contributed by atoms with E-state index in [-0.39, 0.29) is 6.42 Å². The molecule has 0 aromatic heterocycles. The molecule has 86 valence electrons. The van der Waals surface area contributed by atoms with Gasteiger partial charge in [0.05, 0.1) is 0 Å². The van der Waals surface area contributed by atoms with Crippen LogP contribution in [0.1, 0.15) is 12.5 Å². The van der Waals surface area contributed by atoms with Gasteiger partial charge in [0.1, 0.15) is 5.41 Å². The predicted molar refractivity (Wildman–Crippen MR) is 60.1 cm³/mol. The van der Waals surface area contributed by atoms with Gasteiger partial charge in [0, 0.05) is 5.02 Å². The van der Waals surface area contributed by atoms with Gasteiger partial charge in [-0.25, -0.2) is 0 Å². The minimum Gasteiger partial charge on any atom is -0.480 e. The lowest BCUT2D eigenvalue weighted by Crippen LogP contribution is -2.43. The number of aliphatic carboxylic acids is 1. The number of benzene rings is 1. The Bertz CT molecular complexity index is 417. The summed E-state index contributed by atoms with van der Waals surface area (Å²) >= 11 is 5.89. The standard InChI is InChI=1S/C11H12ClNO3/c1-11(9(13)14,10(15)16)6-7-4-2-3-5-8(7)12/h2-5H,6H2,1H3,(H2,13,14)(H,15,16). The normalized spacial score (nSPS) is 14.1. The van der Waals surface area contributed by atoms with E-state index in [0.29, 0.717) is 10.6 Å². The fourth-order valence-electron chi connectivity index (χ4n) is 1.29. The van der Waals surface area contributed by atoms with Crippen LogP contribution in [0.3, 0.4) is 0 Å². The first-order chi connectivity index (χ1) is 7.38. The number of carboxylic acid groups (broad SMARTS) is 1. The Balaban J connectivity index is 3.07. The van der Waals surface area contributed by atoms with Crippen molar-refractivity contribution in [2.24, 2.45) is 11.1 Å². The third kappa shape index (κ3) is 2.33. The second-order valence-corrected chi connectivity index (χ2v) is 4.18. The molecule has 0 saturated carbocycles. The van der Waals surface area contributed by atoms with E-state index in [4.69, 9.17) is 22.4 Å². The van der Waals surface area contributed by atoms with Gasteiger partial charge in [-0.3, -0.25) is 9.59 Å². The van der Waals surface area contributed by atoms with Crippen LogP contribution in [0, 0.1) is 5.41 Å². The Kier molecular flexibility index (Phi) is 3.55. The van der Waals surface area contributed by atoms with Gasteiger partial charge < -0.3 is 10.8 Å². The fourth-order valence-corrected chi connectivity index (χ4v) is 1.49. The van der Waals surface area contributed by atoms with Crippen molar-refractivity contribution in [1.29, 1.82) is 0 Å². The zero-order chi connectivity index (χ0) is 12.3. The summed E-state index contributed by atoms with van der Waals surface area (Å²) in [6, 6.07) is 6.77. The van der Waals surface area contributed by atoms with Crippen LogP contribution in [0.15, 0.2) is 24.3 Å². The number of carbonyl (C=O) groups excluding carboxylic acids is 1. The molecule has 0 radical (unpaired) electrons. The smallest absolute Gasteiger partial charge is 0.319 e. The highest BCUT2D eigenvalue weighted by Gasteiger charge is 2.40. The molecule has 0 spiro atoms. The maximum Gasteiger partial charge on any atom is 0.319 e. The lowest BCUT2D eigenvalue weighted by molar-refractivity contribution is -0.153. The maximum atomic E-state index is 11.2. The maximum absolute atomic E-state index is 11.2. The van der Waals surface area contributed by atoms with Gasteiger partial charge in [-0.05, 0) is 25.0 Å².